The van der Waals surface area contributed by atoms with Gasteiger partial charge in [-0.1, -0.05) is 6.07 Å². The van der Waals surface area contributed by atoms with Gasteiger partial charge in [-0.2, -0.15) is 0 Å². The fourth-order valence-electron chi connectivity index (χ4n) is 1.48. The molecule has 0 aromatic heterocycles. The molecule has 0 bridgehead atoms. The van der Waals surface area contributed by atoms with Gasteiger partial charge in [-0.15, -0.1) is 11.8 Å². The Kier molecular flexibility index (Phi) is 2.01. The third-order valence-electron chi connectivity index (χ3n) is 2.21. The predicted molar refractivity (Wildman–Crippen MR) is 54.9 cm³/mol. The second-order valence-electron chi connectivity index (χ2n) is 3.10. The van der Waals surface area contributed by atoms with Crippen LogP contribution in [0.1, 0.15) is 12.5 Å². The zero-order chi connectivity index (χ0) is 8.55. The summed E-state index contributed by atoms with van der Waals surface area (Å²) in [5.41, 5.74) is 2.78. The van der Waals surface area contributed by atoms with Crippen molar-refractivity contribution in [1.82, 2.24) is 0 Å². The predicted octanol–water partition coefficient (Wildman–Crippen LogP) is 2.88. The van der Waals surface area contributed by atoms with E-state index >= 15 is 0 Å². The Hall–Kier alpha value is -0.630. The van der Waals surface area contributed by atoms with Gasteiger partial charge >= 0.3 is 0 Å². The first-order valence-corrected chi connectivity index (χ1v) is 5.28. The van der Waals surface area contributed by atoms with E-state index in [1.54, 1.807) is 0 Å². The molecule has 1 aromatic carbocycles. The molecule has 0 unspecified atom stereocenters. The largest absolute Gasteiger partial charge is 0.361 e. The van der Waals surface area contributed by atoms with E-state index < -0.39 is 0 Å². The highest BCUT2D eigenvalue weighted by atomic mass is 32.2. The lowest BCUT2D eigenvalue weighted by Crippen LogP contribution is -2.17. The Labute approximate surface area is 77.8 Å². The van der Waals surface area contributed by atoms with Crippen LogP contribution in [0.2, 0.25) is 0 Å². The molecule has 2 heteroatoms. The lowest BCUT2D eigenvalue weighted by Gasteiger charge is -2.15. The molecule has 0 aliphatic carbocycles. The minimum absolute atomic E-state index is 1.11. The first-order valence-electron chi connectivity index (χ1n) is 4.29. The minimum atomic E-state index is 1.11. The number of hydrogen-bond acceptors (Lipinski definition) is 2. The van der Waals surface area contributed by atoms with E-state index in [4.69, 9.17) is 0 Å². The monoisotopic (exact) mass is 179 g/mol. The number of rotatable bonds is 1. The lowest BCUT2D eigenvalue weighted by molar-refractivity contribution is 0.950. The normalized spacial score (nSPS) is 15.0. The average Bonchev–Trinajstić information content (AvgIpc) is 2.46. The van der Waals surface area contributed by atoms with Gasteiger partial charge in [-0.25, -0.2) is 0 Å². The molecule has 0 amide bonds. The van der Waals surface area contributed by atoms with E-state index in [2.05, 4.69) is 36.9 Å². The molecule has 0 radical (unpaired) electrons. The van der Waals surface area contributed by atoms with Crippen LogP contribution in [0.15, 0.2) is 23.1 Å². The fraction of sp³-hybridized carbons (Fsp3) is 0.400. The van der Waals surface area contributed by atoms with E-state index in [1.807, 2.05) is 11.8 Å². The summed E-state index contributed by atoms with van der Waals surface area (Å²) >= 11 is 1.94. The van der Waals surface area contributed by atoms with Crippen molar-refractivity contribution < 1.29 is 0 Å². The average molecular weight is 179 g/mol. The number of thioether (sulfide) groups is 1. The number of anilines is 1. The number of fused-ring (bicyclic) bond motifs is 1. The Morgan fingerprint density at radius 2 is 2.33 bits per heavy atom. The topological polar surface area (TPSA) is 3.24 Å². The van der Waals surface area contributed by atoms with Gasteiger partial charge in [-0.05, 0) is 31.5 Å². The maximum absolute atomic E-state index is 2.41. The molecule has 1 aliphatic heterocycles. The van der Waals surface area contributed by atoms with Crippen molar-refractivity contribution in [2.45, 2.75) is 18.7 Å². The summed E-state index contributed by atoms with van der Waals surface area (Å²) < 4.78 is 0. The van der Waals surface area contributed by atoms with Gasteiger partial charge in [0.1, 0.15) is 0 Å². The van der Waals surface area contributed by atoms with Crippen LogP contribution in [0.5, 0.6) is 0 Å². The van der Waals surface area contributed by atoms with Gasteiger partial charge in [0.25, 0.3) is 0 Å². The zero-order valence-electron chi connectivity index (χ0n) is 7.50. The summed E-state index contributed by atoms with van der Waals surface area (Å²) in [6.45, 7) is 5.47. The van der Waals surface area contributed by atoms with Crippen molar-refractivity contribution in [3.8, 4) is 0 Å². The minimum Gasteiger partial charge on any atom is -0.361 e. The van der Waals surface area contributed by atoms with Crippen LogP contribution in [0.4, 0.5) is 5.69 Å². The molecule has 1 aliphatic rings. The highest BCUT2D eigenvalue weighted by molar-refractivity contribution is 7.99. The van der Waals surface area contributed by atoms with E-state index in [1.165, 1.54) is 16.1 Å². The van der Waals surface area contributed by atoms with Gasteiger partial charge in [0.2, 0.25) is 0 Å². The molecule has 0 atom stereocenters. The van der Waals surface area contributed by atoms with Crippen molar-refractivity contribution in [2.24, 2.45) is 0 Å². The second-order valence-corrected chi connectivity index (χ2v) is 4.09. The van der Waals surface area contributed by atoms with E-state index in [0.29, 0.717) is 0 Å². The van der Waals surface area contributed by atoms with Crippen molar-refractivity contribution in [3.63, 3.8) is 0 Å². The Morgan fingerprint density at radius 3 is 3.08 bits per heavy atom. The highest BCUT2D eigenvalue weighted by Crippen LogP contribution is 2.38. The Bertz CT molecular complexity index is 296. The van der Waals surface area contributed by atoms with Crippen LogP contribution in [-0.2, 0) is 0 Å². The third-order valence-corrected chi connectivity index (χ3v) is 3.31. The number of benzene rings is 1. The highest BCUT2D eigenvalue weighted by Gasteiger charge is 2.17. The Morgan fingerprint density at radius 1 is 1.50 bits per heavy atom. The number of nitrogens with zero attached hydrogens (tertiary/aromatic N) is 1. The first kappa shape index (κ1) is 7.99. The molecule has 1 heterocycles. The molecule has 2 rings (SSSR count). The van der Waals surface area contributed by atoms with Gasteiger partial charge < -0.3 is 4.90 Å². The van der Waals surface area contributed by atoms with E-state index in [9.17, 15) is 0 Å². The summed E-state index contributed by atoms with van der Waals surface area (Å²) in [5, 5.41) is 0. The van der Waals surface area contributed by atoms with Crippen molar-refractivity contribution in [1.29, 1.82) is 0 Å². The summed E-state index contributed by atoms with van der Waals surface area (Å²) in [4.78, 5) is 3.84. The molecular weight excluding hydrogens is 166 g/mol. The smallest absolute Gasteiger partial charge is 0.0686 e. The van der Waals surface area contributed by atoms with Crippen LogP contribution in [0.3, 0.4) is 0 Å². The quantitative estimate of drug-likeness (QED) is 0.652. The fourth-order valence-corrected chi connectivity index (χ4v) is 2.59. The number of hydrogen-bond donors (Lipinski definition) is 0. The summed E-state index contributed by atoms with van der Waals surface area (Å²) in [5.74, 6) is 1.12. The third kappa shape index (κ3) is 1.20. The van der Waals surface area contributed by atoms with E-state index in [-0.39, 0.29) is 0 Å². The summed E-state index contributed by atoms with van der Waals surface area (Å²) in [6.07, 6.45) is 0. The molecule has 64 valence electrons. The first-order chi connectivity index (χ1) is 5.81. The molecule has 1 aromatic rings. The molecule has 0 fully saturated rings. The molecule has 0 saturated carbocycles. The Balaban J connectivity index is 2.42. The number of aryl methyl sites for hydroxylation is 1. The van der Waals surface area contributed by atoms with Crippen molar-refractivity contribution in [2.75, 3.05) is 17.3 Å². The zero-order valence-corrected chi connectivity index (χ0v) is 8.32. The maximum Gasteiger partial charge on any atom is 0.0686 e. The molecule has 0 saturated heterocycles. The van der Waals surface area contributed by atoms with Crippen LogP contribution >= 0.6 is 11.8 Å². The van der Waals surface area contributed by atoms with Gasteiger partial charge in [-0.3, -0.25) is 0 Å². The molecule has 0 spiro atoms. The van der Waals surface area contributed by atoms with Crippen molar-refractivity contribution in [3.05, 3.63) is 23.8 Å². The van der Waals surface area contributed by atoms with E-state index in [0.717, 1.165) is 12.4 Å². The lowest BCUT2D eigenvalue weighted by atomic mass is 10.2. The molecule has 0 N–H and O–H groups in total. The van der Waals surface area contributed by atoms with Gasteiger partial charge in [0.15, 0.2) is 0 Å². The summed E-state index contributed by atoms with van der Waals surface area (Å²) in [7, 11) is 0. The summed E-state index contributed by atoms with van der Waals surface area (Å²) in [6, 6.07) is 6.69. The standard InChI is InChI=1S/C10H13NS/c1-3-11-7-12-10-5-4-8(2)6-9(10)11/h4-6H,3,7H2,1-2H3. The van der Waals surface area contributed by atoms with Crippen LogP contribution in [-0.4, -0.2) is 12.4 Å². The molecular formula is C10H13NS. The van der Waals surface area contributed by atoms with Crippen LogP contribution in [0, 0.1) is 6.92 Å². The maximum atomic E-state index is 2.41. The van der Waals surface area contributed by atoms with Crippen molar-refractivity contribution >= 4 is 17.4 Å². The van der Waals surface area contributed by atoms with Crippen LogP contribution < -0.4 is 4.90 Å². The van der Waals surface area contributed by atoms with Crippen LogP contribution in [0.25, 0.3) is 0 Å². The SMILES string of the molecule is CCN1CSc2ccc(C)cc21. The van der Waals surface area contributed by atoms with Gasteiger partial charge in [0, 0.05) is 11.4 Å². The van der Waals surface area contributed by atoms with Gasteiger partial charge in [0.05, 0.1) is 11.6 Å². The molecule has 12 heavy (non-hydrogen) atoms. The second kappa shape index (κ2) is 3.02. The molecule has 1 nitrogen and oxygen atoms in total.